The molecule has 0 unspecified atom stereocenters. The molecular weight excluding hydrogens is 330 g/mol. The first-order valence-corrected chi connectivity index (χ1v) is 8.61. The predicted molar refractivity (Wildman–Crippen MR) is 99.9 cm³/mol. The molecule has 0 aliphatic carbocycles. The number of pyridine rings is 2. The Balaban J connectivity index is 1.71. The zero-order valence-corrected chi connectivity index (χ0v) is 14.4. The van der Waals surface area contributed by atoms with E-state index < -0.39 is 0 Å². The van der Waals surface area contributed by atoms with Crippen molar-refractivity contribution < 1.29 is 4.74 Å². The third kappa shape index (κ3) is 2.38. The van der Waals surface area contributed by atoms with Crippen LogP contribution in [0, 0.1) is 0 Å². The van der Waals surface area contributed by atoms with Crippen molar-refractivity contribution in [1.82, 2.24) is 30.0 Å². The molecule has 1 saturated heterocycles. The van der Waals surface area contributed by atoms with Crippen molar-refractivity contribution in [2.75, 3.05) is 18.8 Å². The smallest absolute Gasteiger partial charge is 0.171 e. The standard InChI is InChI=1S/C18H19N7O/c1-25-9-11(6-23-25)10-4-13-15-14(24-18(13)22-5-10)8-21-17(19)16(15)26-12-2-3-20-7-12/h4-6,8-9,12,20H,2-3,7H2,1H3,(H2,19,21)(H,22,24)/t12-/m0/s1. The van der Waals surface area contributed by atoms with E-state index >= 15 is 0 Å². The first-order chi connectivity index (χ1) is 12.7. The lowest BCUT2D eigenvalue weighted by Gasteiger charge is -2.15. The Kier molecular flexibility index (Phi) is 3.32. The molecule has 4 N–H and O–H groups in total. The van der Waals surface area contributed by atoms with Crippen molar-refractivity contribution in [2.24, 2.45) is 7.05 Å². The third-order valence-electron chi connectivity index (χ3n) is 4.81. The number of nitrogens with zero attached hydrogens (tertiary/aromatic N) is 4. The maximum Gasteiger partial charge on any atom is 0.171 e. The Morgan fingerprint density at radius 1 is 1.23 bits per heavy atom. The van der Waals surface area contributed by atoms with Gasteiger partial charge in [-0.05, 0) is 19.0 Å². The van der Waals surface area contributed by atoms with Crippen LogP contribution >= 0.6 is 0 Å². The molecule has 8 heteroatoms. The average Bonchev–Trinajstić information content (AvgIpc) is 3.36. The minimum atomic E-state index is 0.101. The summed E-state index contributed by atoms with van der Waals surface area (Å²) in [6, 6.07) is 2.09. The van der Waals surface area contributed by atoms with Crippen LogP contribution in [-0.2, 0) is 7.05 Å². The average molecular weight is 349 g/mol. The fourth-order valence-corrected chi connectivity index (χ4v) is 3.50. The number of ether oxygens (including phenoxy) is 1. The summed E-state index contributed by atoms with van der Waals surface area (Å²) in [5.74, 6) is 1.03. The number of rotatable bonds is 3. The van der Waals surface area contributed by atoms with Crippen molar-refractivity contribution in [2.45, 2.75) is 12.5 Å². The molecule has 1 atom stereocenters. The van der Waals surface area contributed by atoms with Crippen LogP contribution in [0.2, 0.25) is 0 Å². The first-order valence-electron chi connectivity index (χ1n) is 8.61. The summed E-state index contributed by atoms with van der Waals surface area (Å²) in [7, 11) is 1.90. The topological polar surface area (TPSA) is 107 Å². The Morgan fingerprint density at radius 2 is 2.15 bits per heavy atom. The highest BCUT2D eigenvalue weighted by atomic mass is 16.5. The lowest BCUT2D eigenvalue weighted by molar-refractivity contribution is 0.227. The molecule has 5 heterocycles. The molecule has 0 radical (unpaired) electrons. The van der Waals surface area contributed by atoms with Gasteiger partial charge in [0.1, 0.15) is 11.8 Å². The lowest BCUT2D eigenvalue weighted by atomic mass is 10.1. The van der Waals surface area contributed by atoms with Gasteiger partial charge >= 0.3 is 0 Å². The fraction of sp³-hybridized carbons (Fsp3) is 0.278. The summed E-state index contributed by atoms with van der Waals surface area (Å²) < 4.78 is 8.00. The molecule has 8 nitrogen and oxygen atoms in total. The molecule has 1 aliphatic rings. The van der Waals surface area contributed by atoms with E-state index in [1.807, 2.05) is 25.6 Å². The normalized spacial score (nSPS) is 17.3. The molecule has 1 fully saturated rings. The summed E-state index contributed by atoms with van der Waals surface area (Å²) in [6.45, 7) is 1.77. The zero-order chi connectivity index (χ0) is 17.7. The largest absolute Gasteiger partial charge is 0.484 e. The number of aromatic amines is 1. The van der Waals surface area contributed by atoms with Crippen LogP contribution in [0.3, 0.4) is 0 Å². The number of nitrogens with one attached hydrogen (secondary N) is 2. The van der Waals surface area contributed by atoms with E-state index in [9.17, 15) is 0 Å². The van der Waals surface area contributed by atoms with Gasteiger partial charge in [-0.1, -0.05) is 0 Å². The van der Waals surface area contributed by atoms with Crippen LogP contribution in [-0.4, -0.2) is 43.9 Å². The summed E-state index contributed by atoms with van der Waals surface area (Å²) in [6.07, 6.45) is 8.43. The number of aromatic nitrogens is 5. The van der Waals surface area contributed by atoms with Gasteiger partial charge in [-0.25, -0.2) is 9.97 Å². The molecule has 0 spiro atoms. The van der Waals surface area contributed by atoms with Crippen molar-refractivity contribution in [3.63, 3.8) is 0 Å². The van der Waals surface area contributed by atoms with Gasteiger partial charge in [0.2, 0.25) is 0 Å². The summed E-state index contributed by atoms with van der Waals surface area (Å²) >= 11 is 0. The van der Waals surface area contributed by atoms with E-state index in [0.717, 1.165) is 52.6 Å². The van der Waals surface area contributed by atoms with Crippen LogP contribution in [0.1, 0.15) is 6.42 Å². The Labute approximate surface area is 149 Å². The van der Waals surface area contributed by atoms with Gasteiger partial charge in [0.25, 0.3) is 0 Å². The molecule has 0 aromatic carbocycles. The van der Waals surface area contributed by atoms with Crippen LogP contribution in [0.25, 0.3) is 33.1 Å². The number of H-pyrrole nitrogens is 1. The predicted octanol–water partition coefficient (Wildman–Crippen LogP) is 1.83. The zero-order valence-electron chi connectivity index (χ0n) is 14.4. The second kappa shape index (κ2) is 5.70. The van der Waals surface area contributed by atoms with E-state index in [0.29, 0.717) is 11.6 Å². The van der Waals surface area contributed by atoms with Crippen molar-refractivity contribution in [3.05, 3.63) is 30.9 Å². The van der Waals surface area contributed by atoms with E-state index in [-0.39, 0.29) is 6.10 Å². The van der Waals surface area contributed by atoms with E-state index in [1.54, 1.807) is 10.9 Å². The molecular formula is C18H19N7O. The lowest BCUT2D eigenvalue weighted by Crippen LogP contribution is -2.20. The highest BCUT2D eigenvalue weighted by Crippen LogP contribution is 2.37. The van der Waals surface area contributed by atoms with E-state index in [1.165, 1.54) is 0 Å². The van der Waals surface area contributed by atoms with Gasteiger partial charge in [0, 0.05) is 42.5 Å². The quantitative estimate of drug-likeness (QED) is 0.521. The molecule has 5 rings (SSSR count). The number of aryl methyl sites for hydroxylation is 1. The number of hydrogen-bond acceptors (Lipinski definition) is 6. The number of nitrogens with two attached hydrogens (primary N) is 1. The second-order valence-electron chi connectivity index (χ2n) is 6.64. The molecule has 0 bridgehead atoms. The van der Waals surface area contributed by atoms with E-state index in [4.69, 9.17) is 10.5 Å². The van der Waals surface area contributed by atoms with Crippen LogP contribution < -0.4 is 15.8 Å². The van der Waals surface area contributed by atoms with Crippen molar-refractivity contribution in [1.29, 1.82) is 0 Å². The Hall–Kier alpha value is -3.13. The summed E-state index contributed by atoms with van der Waals surface area (Å²) in [4.78, 5) is 12.2. The maximum atomic E-state index is 6.22. The van der Waals surface area contributed by atoms with Gasteiger partial charge in [0.15, 0.2) is 11.6 Å². The fourth-order valence-electron chi connectivity index (χ4n) is 3.50. The molecule has 1 aliphatic heterocycles. The van der Waals surface area contributed by atoms with E-state index in [2.05, 4.69) is 31.4 Å². The minimum Gasteiger partial charge on any atom is -0.484 e. The SMILES string of the molecule is Cn1cc(-c2cnc3[nH]c4cnc(N)c(O[C@H]5CCNC5)c4c3c2)cn1. The van der Waals surface area contributed by atoms with Crippen LogP contribution in [0.5, 0.6) is 5.75 Å². The number of hydrogen-bond donors (Lipinski definition) is 3. The molecule has 26 heavy (non-hydrogen) atoms. The van der Waals surface area contributed by atoms with Crippen LogP contribution in [0.15, 0.2) is 30.9 Å². The molecule has 0 saturated carbocycles. The Bertz CT molecular complexity index is 1110. The highest BCUT2D eigenvalue weighted by Gasteiger charge is 2.21. The highest BCUT2D eigenvalue weighted by molar-refractivity contribution is 6.11. The maximum absolute atomic E-state index is 6.22. The van der Waals surface area contributed by atoms with Gasteiger partial charge in [-0.2, -0.15) is 5.10 Å². The van der Waals surface area contributed by atoms with Crippen molar-refractivity contribution >= 4 is 27.8 Å². The third-order valence-corrected chi connectivity index (χ3v) is 4.81. The number of anilines is 1. The van der Waals surface area contributed by atoms with Gasteiger partial charge in [-0.15, -0.1) is 0 Å². The number of nitrogen functional groups attached to an aromatic ring is 1. The van der Waals surface area contributed by atoms with Gasteiger partial charge in [-0.3, -0.25) is 4.68 Å². The minimum absolute atomic E-state index is 0.101. The van der Waals surface area contributed by atoms with Gasteiger partial charge < -0.3 is 20.8 Å². The molecule has 4 aromatic rings. The monoisotopic (exact) mass is 349 g/mol. The van der Waals surface area contributed by atoms with Crippen LogP contribution in [0.4, 0.5) is 5.82 Å². The van der Waals surface area contributed by atoms with Crippen molar-refractivity contribution in [3.8, 4) is 16.9 Å². The summed E-state index contributed by atoms with van der Waals surface area (Å²) in [5.41, 5.74) is 9.83. The van der Waals surface area contributed by atoms with Gasteiger partial charge in [0.05, 0.1) is 23.3 Å². The molecule has 4 aromatic heterocycles. The second-order valence-corrected chi connectivity index (χ2v) is 6.64. The summed E-state index contributed by atoms with van der Waals surface area (Å²) in [5, 5.41) is 9.45. The Morgan fingerprint density at radius 3 is 2.92 bits per heavy atom. The first kappa shape index (κ1) is 15.2. The molecule has 0 amide bonds. The number of fused-ring (bicyclic) bond motifs is 3. The molecule has 132 valence electrons.